The maximum Gasteiger partial charge on any atom is 0.203 e. The van der Waals surface area contributed by atoms with E-state index in [1.165, 1.54) is 0 Å². The molecule has 0 fully saturated rings. The van der Waals surface area contributed by atoms with E-state index in [1.807, 2.05) is 25.1 Å². The minimum atomic E-state index is 0.316. The molecule has 1 rings (SSSR count). The molecule has 0 aliphatic heterocycles. The van der Waals surface area contributed by atoms with Gasteiger partial charge >= 0.3 is 0 Å². The first-order valence-corrected chi connectivity index (χ1v) is 5.26. The van der Waals surface area contributed by atoms with E-state index in [-0.39, 0.29) is 0 Å². The molecule has 0 saturated heterocycles. The highest BCUT2D eigenvalue weighted by Crippen LogP contribution is 2.36. The van der Waals surface area contributed by atoms with Crippen LogP contribution in [0.25, 0.3) is 0 Å². The van der Waals surface area contributed by atoms with E-state index in [4.69, 9.17) is 19.9 Å². The quantitative estimate of drug-likeness (QED) is 0.800. The third-order valence-electron chi connectivity index (χ3n) is 2.29. The second kappa shape index (κ2) is 6.23. The molecule has 0 bridgehead atoms. The maximum absolute atomic E-state index is 5.64. The molecule has 90 valence electrons. The van der Waals surface area contributed by atoms with Gasteiger partial charge in [-0.2, -0.15) is 0 Å². The van der Waals surface area contributed by atoms with E-state index in [1.54, 1.807) is 14.2 Å². The van der Waals surface area contributed by atoms with Crippen molar-refractivity contribution in [3.63, 3.8) is 0 Å². The maximum atomic E-state index is 5.64. The molecular formula is C12H19NO3. The lowest BCUT2D eigenvalue weighted by atomic mass is 10.2. The Hall–Kier alpha value is -1.42. The van der Waals surface area contributed by atoms with Crippen LogP contribution in [0.15, 0.2) is 18.2 Å². The molecule has 0 amide bonds. The lowest BCUT2D eigenvalue weighted by molar-refractivity contribution is 0.246. The highest BCUT2D eigenvalue weighted by Gasteiger charge is 2.11. The van der Waals surface area contributed by atoms with Gasteiger partial charge < -0.3 is 19.9 Å². The summed E-state index contributed by atoms with van der Waals surface area (Å²) in [6.45, 7) is 3.21. The molecule has 1 aromatic carbocycles. The van der Waals surface area contributed by atoms with E-state index in [0.717, 1.165) is 0 Å². The van der Waals surface area contributed by atoms with E-state index in [2.05, 4.69) is 0 Å². The molecular weight excluding hydrogens is 206 g/mol. The van der Waals surface area contributed by atoms with Crippen LogP contribution < -0.4 is 19.9 Å². The van der Waals surface area contributed by atoms with E-state index >= 15 is 0 Å². The van der Waals surface area contributed by atoms with Gasteiger partial charge in [-0.25, -0.2) is 0 Å². The number of nitrogens with two attached hydrogens (primary N) is 1. The molecule has 0 aromatic heterocycles. The predicted molar refractivity (Wildman–Crippen MR) is 63.3 cm³/mol. The molecule has 1 aromatic rings. The molecule has 0 heterocycles. The molecule has 2 N–H and O–H groups in total. The number of hydrogen-bond donors (Lipinski definition) is 1. The lowest BCUT2D eigenvalue weighted by Crippen LogP contribution is -2.18. The Morgan fingerprint density at radius 3 is 2.44 bits per heavy atom. The molecule has 16 heavy (non-hydrogen) atoms. The van der Waals surface area contributed by atoms with Gasteiger partial charge in [-0.15, -0.1) is 0 Å². The second-order valence-electron chi connectivity index (χ2n) is 3.64. The smallest absolute Gasteiger partial charge is 0.203 e. The van der Waals surface area contributed by atoms with Crippen molar-refractivity contribution in [2.75, 3.05) is 27.4 Å². The minimum Gasteiger partial charge on any atom is -0.493 e. The van der Waals surface area contributed by atoms with Crippen LogP contribution in [0.4, 0.5) is 0 Å². The van der Waals surface area contributed by atoms with Gasteiger partial charge in [0, 0.05) is 5.92 Å². The van der Waals surface area contributed by atoms with Crippen molar-refractivity contribution in [1.29, 1.82) is 0 Å². The Bertz CT molecular complexity index is 328. The van der Waals surface area contributed by atoms with Gasteiger partial charge in [-0.05, 0) is 18.7 Å². The summed E-state index contributed by atoms with van der Waals surface area (Å²) >= 11 is 0. The first kappa shape index (κ1) is 12.6. The predicted octanol–water partition coefficient (Wildman–Crippen LogP) is 1.68. The minimum absolute atomic E-state index is 0.316. The number of benzene rings is 1. The van der Waals surface area contributed by atoms with Crippen molar-refractivity contribution < 1.29 is 14.2 Å². The summed E-state index contributed by atoms with van der Waals surface area (Å²) in [6.07, 6.45) is 0. The third-order valence-corrected chi connectivity index (χ3v) is 2.29. The van der Waals surface area contributed by atoms with Crippen LogP contribution >= 0.6 is 0 Å². The van der Waals surface area contributed by atoms with E-state index < -0.39 is 0 Å². The first-order valence-electron chi connectivity index (χ1n) is 5.26. The fourth-order valence-electron chi connectivity index (χ4n) is 1.27. The average Bonchev–Trinajstić information content (AvgIpc) is 2.34. The lowest BCUT2D eigenvalue weighted by Gasteiger charge is -2.15. The summed E-state index contributed by atoms with van der Waals surface area (Å²) in [5, 5.41) is 0. The highest BCUT2D eigenvalue weighted by atomic mass is 16.5. The average molecular weight is 225 g/mol. The summed E-state index contributed by atoms with van der Waals surface area (Å²) in [4.78, 5) is 0. The largest absolute Gasteiger partial charge is 0.493 e. The molecule has 1 unspecified atom stereocenters. The molecule has 0 spiro atoms. The Labute approximate surface area is 96.3 Å². The Morgan fingerprint density at radius 2 is 1.88 bits per heavy atom. The van der Waals surface area contributed by atoms with Crippen LogP contribution in [0.3, 0.4) is 0 Å². The van der Waals surface area contributed by atoms with Gasteiger partial charge in [0.25, 0.3) is 0 Å². The fourth-order valence-corrected chi connectivity index (χ4v) is 1.27. The van der Waals surface area contributed by atoms with Gasteiger partial charge in [0.05, 0.1) is 20.8 Å². The molecule has 4 nitrogen and oxygen atoms in total. The number of ether oxygens (including phenoxy) is 3. The van der Waals surface area contributed by atoms with Crippen LogP contribution in [0.1, 0.15) is 6.92 Å². The Balaban J connectivity index is 2.78. The Kier molecular flexibility index (Phi) is 4.92. The molecule has 4 heteroatoms. The first-order chi connectivity index (χ1) is 7.72. The molecule has 0 saturated carbocycles. The zero-order chi connectivity index (χ0) is 12.0. The van der Waals surface area contributed by atoms with Crippen LogP contribution in [0, 0.1) is 5.92 Å². The van der Waals surface area contributed by atoms with Crippen LogP contribution in [0.5, 0.6) is 17.2 Å². The third kappa shape index (κ3) is 3.03. The van der Waals surface area contributed by atoms with Crippen molar-refractivity contribution in [2.45, 2.75) is 6.92 Å². The van der Waals surface area contributed by atoms with Crippen molar-refractivity contribution in [3.8, 4) is 17.2 Å². The number of para-hydroxylation sites is 1. The van der Waals surface area contributed by atoms with Gasteiger partial charge in [0.15, 0.2) is 11.5 Å². The number of methoxy groups -OCH3 is 2. The summed E-state index contributed by atoms with van der Waals surface area (Å²) in [7, 11) is 3.20. The summed E-state index contributed by atoms with van der Waals surface area (Å²) in [5.74, 6) is 2.28. The zero-order valence-corrected chi connectivity index (χ0v) is 10.0. The normalized spacial score (nSPS) is 12.0. The SMILES string of the molecule is COc1cccc(OCC(C)CN)c1OC. The fraction of sp³-hybridized carbons (Fsp3) is 0.500. The summed E-state index contributed by atoms with van der Waals surface area (Å²) in [5.41, 5.74) is 5.53. The summed E-state index contributed by atoms with van der Waals surface area (Å²) < 4.78 is 16.1. The molecule has 1 atom stereocenters. The van der Waals surface area contributed by atoms with Crippen LogP contribution in [-0.2, 0) is 0 Å². The van der Waals surface area contributed by atoms with Crippen molar-refractivity contribution >= 4 is 0 Å². The molecule has 0 aliphatic rings. The van der Waals surface area contributed by atoms with Gasteiger partial charge in [-0.3, -0.25) is 0 Å². The number of rotatable bonds is 6. The van der Waals surface area contributed by atoms with Crippen molar-refractivity contribution in [2.24, 2.45) is 11.7 Å². The topological polar surface area (TPSA) is 53.7 Å². The second-order valence-corrected chi connectivity index (χ2v) is 3.64. The van der Waals surface area contributed by atoms with Gasteiger partial charge in [0.1, 0.15) is 0 Å². The Morgan fingerprint density at radius 1 is 1.19 bits per heavy atom. The molecule has 0 aliphatic carbocycles. The highest BCUT2D eigenvalue weighted by molar-refractivity contribution is 5.50. The van der Waals surface area contributed by atoms with E-state index in [9.17, 15) is 0 Å². The van der Waals surface area contributed by atoms with E-state index in [0.29, 0.717) is 36.3 Å². The van der Waals surface area contributed by atoms with Gasteiger partial charge in [0.2, 0.25) is 5.75 Å². The van der Waals surface area contributed by atoms with Gasteiger partial charge in [-0.1, -0.05) is 13.0 Å². The van der Waals surface area contributed by atoms with Crippen molar-refractivity contribution in [3.05, 3.63) is 18.2 Å². The van der Waals surface area contributed by atoms with Crippen LogP contribution in [0.2, 0.25) is 0 Å². The standard InChI is InChI=1S/C12H19NO3/c1-9(7-13)8-16-11-6-4-5-10(14-2)12(11)15-3/h4-6,9H,7-8,13H2,1-3H3. The summed E-state index contributed by atoms with van der Waals surface area (Å²) in [6, 6.07) is 5.55. The number of hydrogen-bond acceptors (Lipinski definition) is 4. The van der Waals surface area contributed by atoms with Crippen molar-refractivity contribution in [1.82, 2.24) is 0 Å². The van der Waals surface area contributed by atoms with Crippen LogP contribution in [-0.4, -0.2) is 27.4 Å². The monoisotopic (exact) mass is 225 g/mol. The zero-order valence-electron chi connectivity index (χ0n) is 10.0. The molecule has 0 radical (unpaired) electrons.